The Labute approximate surface area is 117 Å². The first-order valence-electron chi connectivity index (χ1n) is 7.64. The molecule has 0 aromatic heterocycles. The largest absolute Gasteiger partial charge is 0.394 e. The topological polar surface area (TPSA) is 58.7 Å². The molecular weight excluding hydrogens is 240 g/mol. The number of morpholine rings is 1. The zero-order chi connectivity index (χ0) is 14.1. The molecule has 2 aliphatic rings. The van der Waals surface area contributed by atoms with E-state index in [4.69, 9.17) is 10.5 Å². The summed E-state index contributed by atoms with van der Waals surface area (Å²) < 4.78 is 5.93. The van der Waals surface area contributed by atoms with Crippen molar-refractivity contribution < 1.29 is 9.84 Å². The minimum Gasteiger partial charge on any atom is -0.394 e. The molecule has 3 unspecified atom stereocenters. The van der Waals surface area contributed by atoms with Crippen LogP contribution in [0.15, 0.2) is 0 Å². The van der Waals surface area contributed by atoms with Crippen molar-refractivity contribution in [1.29, 1.82) is 0 Å². The lowest BCUT2D eigenvalue weighted by atomic mass is 9.86. The minimum atomic E-state index is -0.326. The fourth-order valence-electron chi connectivity index (χ4n) is 3.90. The Morgan fingerprint density at radius 3 is 2.79 bits per heavy atom. The molecule has 3 atom stereocenters. The van der Waals surface area contributed by atoms with E-state index in [1.165, 1.54) is 6.42 Å². The van der Waals surface area contributed by atoms with Crippen LogP contribution >= 0.6 is 0 Å². The normalized spacial score (nSPS) is 39.6. The van der Waals surface area contributed by atoms with Crippen LogP contribution < -0.4 is 5.73 Å². The fraction of sp³-hybridized carbons (Fsp3) is 1.00. The second-order valence-electron chi connectivity index (χ2n) is 7.19. The summed E-state index contributed by atoms with van der Waals surface area (Å²) in [7, 11) is 0. The maximum atomic E-state index is 9.50. The molecule has 2 fully saturated rings. The number of aliphatic hydroxyl groups excluding tert-OH is 1. The Hall–Kier alpha value is -0.160. The summed E-state index contributed by atoms with van der Waals surface area (Å²) in [5.41, 5.74) is 5.93. The highest BCUT2D eigenvalue weighted by Gasteiger charge is 2.39. The van der Waals surface area contributed by atoms with Crippen LogP contribution in [0.3, 0.4) is 0 Å². The Morgan fingerprint density at radius 1 is 1.42 bits per heavy atom. The van der Waals surface area contributed by atoms with Crippen molar-refractivity contribution in [3.63, 3.8) is 0 Å². The van der Waals surface area contributed by atoms with Crippen molar-refractivity contribution in [2.75, 3.05) is 26.2 Å². The number of ether oxygens (including phenoxy) is 1. The van der Waals surface area contributed by atoms with Gasteiger partial charge in [-0.2, -0.15) is 0 Å². The summed E-state index contributed by atoms with van der Waals surface area (Å²) in [6.45, 7) is 9.65. The first-order valence-corrected chi connectivity index (χ1v) is 7.64. The first-order chi connectivity index (χ1) is 8.85. The van der Waals surface area contributed by atoms with E-state index in [1.807, 2.05) is 0 Å². The molecule has 4 heteroatoms. The molecule has 1 aliphatic heterocycles. The standard InChI is InChI=1S/C15H30N2O2/c1-12-9-17(10-14(2,3)19-12)8-6-13-5-4-7-15(13,16)11-18/h12-13,18H,4-11,16H2,1-3H3. The lowest BCUT2D eigenvalue weighted by Gasteiger charge is -2.42. The SMILES string of the molecule is CC1CN(CCC2CCCC2(N)CO)CC(C)(C)O1. The first kappa shape index (κ1) is 15.2. The van der Waals surface area contributed by atoms with Crippen molar-refractivity contribution in [1.82, 2.24) is 4.90 Å². The third kappa shape index (κ3) is 3.69. The van der Waals surface area contributed by atoms with Gasteiger partial charge in [-0.25, -0.2) is 0 Å². The molecular formula is C15H30N2O2. The van der Waals surface area contributed by atoms with Crippen molar-refractivity contribution in [3.05, 3.63) is 0 Å². The maximum absolute atomic E-state index is 9.50. The van der Waals surface area contributed by atoms with E-state index in [-0.39, 0.29) is 17.7 Å². The molecule has 3 N–H and O–H groups in total. The summed E-state index contributed by atoms with van der Waals surface area (Å²) in [4.78, 5) is 2.49. The predicted octanol–water partition coefficient (Wildman–Crippen LogP) is 1.37. The number of nitrogens with two attached hydrogens (primary N) is 1. The quantitative estimate of drug-likeness (QED) is 0.810. The molecule has 0 radical (unpaired) electrons. The molecule has 112 valence electrons. The number of hydrogen-bond donors (Lipinski definition) is 2. The Kier molecular flexibility index (Phi) is 4.56. The van der Waals surface area contributed by atoms with Gasteiger partial charge >= 0.3 is 0 Å². The predicted molar refractivity (Wildman–Crippen MR) is 77.0 cm³/mol. The van der Waals surface area contributed by atoms with Gasteiger partial charge in [0.2, 0.25) is 0 Å². The molecule has 0 amide bonds. The molecule has 0 bridgehead atoms. The van der Waals surface area contributed by atoms with Gasteiger partial charge in [0.15, 0.2) is 0 Å². The van der Waals surface area contributed by atoms with E-state index in [2.05, 4.69) is 25.7 Å². The second kappa shape index (κ2) is 5.68. The molecule has 1 heterocycles. The van der Waals surface area contributed by atoms with Crippen LogP contribution in [-0.4, -0.2) is 53.5 Å². The molecule has 0 aromatic rings. The lowest BCUT2D eigenvalue weighted by molar-refractivity contribution is -0.129. The van der Waals surface area contributed by atoms with Gasteiger partial charge in [-0.15, -0.1) is 0 Å². The summed E-state index contributed by atoms with van der Waals surface area (Å²) in [6, 6.07) is 0. The van der Waals surface area contributed by atoms with E-state index in [0.29, 0.717) is 12.0 Å². The Bertz CT molecular complexity index is 309. The highest BCUT2D eigenvalue weighted by atomic mass is 16.5. The molecule has 1 saturated carbocycles. The van der Waals surface area contributed by atoms with Crippen LogP contribution in [0.2, 0.25) is 0 Å². The van der Waals surface area contributed by atoms with Gasteiger partial charge in [-0.3, -0.25) is 4.90 Å². The molecule has 1 aliphatic carbocycles. The van der Waals surface area contributed by atoms with E-state index >= 15 is 0 Å². The van der Waals surface area contributed by atoms with Gasteiger partial charge in [0.05, 0.1) is 18.3 Å². The van der Waals surface area contributed by atoms with Crippen molar-refractivity contribution in [3.8, 4) is 0 Å². The number of rotatable bonds is 4. The number of nitrogens with zero attached hydrogens (tertiary/aromatic N) is 1. The minimum absolute atomic E-state index is 0.0515. The molecule has 0 spiro atoms. The zero-order valence-corrected chi connectivity index (χ0v) is 12.7. The van der Waals surface area contributed by atoms with Crippen LogP contribution in [-0.2, 0) is 4.74 Å². The van der Waals surface area contributed by atoms with E-state index < -0.39 is 0 Å². The summed E-state index contributed by atoms with van der Waals surface area (Å²) in [6.07, 6.45) is 4.69. The number of hydrogen-bond acceptors (Lipinski definition) is 4. The van der Waals surface area contributed by atoms with Crippen LogP contribution in [0.5, 0.6) is 0 Å². The van der Waals surface area contributed by atoms with Gasteiger partial charge in [-0.1, -0.05) is 6.42 Å². The van der Waals surface area contributed by atoms with Gasteiger partial charge in [0, 0.05) is 18.6 Å². The zero-order valence-electron chi connectivity index (χ0n) is 12.7. The van der Waals surface area contributed by atoms with Gasteiger partial charge < -0.3 is 15.6 Å². The van der Waals surface area contributed by atoms with Crippen molar-refractivity contribution >= 4 is 0 Å². The fourth-order valence-corrected chi connectivity index (χ4v) is 3.90. The second-order valence-corrected chi connectivity index (χ2v) is 7.19. The van der Waals surface area contributed by atoms with E-state index in [0.717, 1.165) is 38.9 Å². The highest BCUT2D eigenvalue weighted by Crippen LogP contribution is 2.36. The lowest BCUT2D eigenvalue weighted by Crippen LogP contribution is -2.53. The summed E-state index contributed by atoms with van der Waals surface area (Å²) >= 11 is 0. The van der Waals surface area contributed by atoms with Crippen LogP contribution in [0.4, 0.5) is 0 Å². The molecule has 2 rings (SSSR count). The average molecular weight is 270 g/mol. The Morgan fingerprint density at radius 2 is 2.16 bits per heavy atom. The maximum Gasteiger partial charge on any atom is 0.0757 e. The van der Waals surface area contributed by atoms with Gasteiger partial charge in [0.25, 0.3) is 0 Å². The van der Waals surface area contributed by atoms with E-state index in [9.17, 15) is 5.11 Å². The van der Waals surface area contributed by atoms with Gasteiger partial charge in [-0.05, 0) is 52.5 Å². The highest BCUT2D eigenvalue weighted by molar-refractivity contribution is 4.96. The third-order valence-electron chi connectivity index (χ3n) is 4.74. The van der Waals surface area contributed by atoms with Crippen LogP contribution in [0, 0.1) is 5.92 Å². The van der Waals surface area contributed by atoms with Gasteiger partial charge in [0.1, 0.15) is 0 Å². The monoisotopic (exact) mass is 270 g/mol. The smallest absolute Gasteiger partial charge is 0.0757 e. The Balaban J connectivity index is 1.85. The summed E-state index contributed by atoms with van der Waals surface area (Å²) in [5, 5.41) is 9.50. The molecule has 19 heavy (non-hydrogen) atoms. The molecule has 1 saturated heterocycles. The van der Waals surface area contributed by atoms with Crippen LogP contribution in [0.1, 0.15) is 46.5 Å². The summed E-state index contributed by atoms with van der Waals surface area (Å²) in [5.74, 6) is 0.471. The van der Waals surface area contributed by atoms with Crippen LogP contribution in [0.25, 0.3) is 0 Å². The third-order valence-corrected chi connectivity index (χ3v) is 4.74. The molecule has 0 aromatic carbocycles. The van der Waals surface area contributed by atoms with Crippen molar-refractivity contribution in [2.24, 2.45) is 11.7 Å². The van der Waals surface area contributed by atoms with Crippen molar-refractivity contribution in [2.45, 2.75) is 63.7 Å². The average Bonchev–Trinajstić information content (AvgIpc) is 2.66. The van der Waals surface area contributed by atoms with E-state index in [1.54, 1.807) is 0 Å². The molecule has 4 nitrogen and oxygen atoms in total. The number of aliphatic hydroxyl groups is 1.